The topological polar surface area (TPSA) is 153 Å². The summed E-state index contributed by atoms with van der Waals surface area (Å²) in [6.07, 6.45) is 0.921. The summed E-state index contributed by atoms with van der Waals surface area (Å²) >= 11 is 0. The van der Waals surface area contributed by atoms with Crippen molar-refractivity contribution in [2.45, 2.75) is 71.7 Å². The van der Waals surface area contributed by atoms with Crippen LogP contribution in [0.5, 0.6) is 5.75 Å². The summed E-state index contributed by atoms with van der Waals surface area (Å²) in [5, 5.41) is 9.65. The van der Waals surface area contributed by atoms with E-state index in [4.69, 9.17) is 39.6 Å². The highest BCUT2D eigenvalue weighted by atomic mass is 16.7. The van der Waals surface area contributed by atoms with Gasteiger partial charge in [-0.1, -0.05) is 18.9 Å². The summed E-state index contributed by atoms with van der Waals surface area (Å²) in [6, 6.07) is 4.54. The molecule has 1 saturated heterocycles. The van der Waals surface area contributed by atoms with Crippen LogP contribution >= 0.6 is 0 Å². The van der Waals surface area contributed by atoms with Gasteiger partial charge in [-0.2, -0.15) is 0 Å². The van der Waals surface area contributed by atoms with Gasteiger partial charge in [-0.15, -0.1) is 6.42 Å². The number of hydrogen-bond acceptors (Lipinski definition) is 12. The van der Waals surface area contributed by atoms with Gasteiger partial charge in [-0.25, -0.2) is 0 Å². The molecule has 0 amide bonds. The summed E-state index contributed by atoms with van der Waals surface area (Å²) in [4.78, 5) is 49.4. The maximum Gasteiger partial charge on any atom is 0.303 e. The minimum atomic E-state index is -1.38. The number of carbonyl (C=O) groups is 4. The van der Waals surface area contributed by atoms with Gasteiger partial charge < -0.3 is 38.3 Å². The highest BCUT2D eigenvalue weighted by molar-refractivity contribution is 5.98. The van der Waals surface area contributed by atoms with E-state index in [-0.39, 0.29) is 42.5 Å². The number of ketones is 2. The van der Waals surface area contributed by atoms with Gasteiger partial charge in [-0.05, 0) is 31.0 Å². The van der Waals surface area contributed by atoms with Crippen LogP contribution in [0.3, 0.4) is 0 Å². The standard InChI is InChI=1S/C30H40O12/c1-6-11-36-13-15-38-16-14-37-12-7-8-25(35)24-17-23(18-31)9-10-26(24)41-30-29(40-22(5)34)28(39-21(4)33)19(2)27(42-30)20(3)32/h1,9-10,17,19,27-31H,7-8,11-16,18H2,2-5H3/t19-,27+,28+,29-,30-/m1/s1. The van der Waals surface area contributed by atoms with Gasteiger partial charge in [0.15, 0.2) is 17.7 Å². The molecule has 0 unspecified atom stereocenters. The number of ether oxygens (including phenoxy) is 7. The summed E-state index contributed by atoms with van der Waals surface area (Å²) in [5.41, 5.74) is 0.628. The van der Waals surface area contributed by atoms with E-state index in [1.807, 2.05) is 0 Å². The third-order valence-corrected chi connectivity index (χ3v) is 6.27. The molecule has 1 aromatic rings. The number of aliphatic hydroxyl groups excluding tert-OH is 1. The molecule has 0 spiro atoms. The second-order valence-corrected chi connectivity index (χ2v) is 9.66. The van der Waals surface area contributed by atoms with Crippen molar-refractivity contribution in [3.63, 3.8) is 0 Å². The minimum absolute atomic E-state index is 0.0826. The summed E-state index contributed by atoms with van der Waals surface area (Å²) < 4.78 is 38.8. The highest BCUT2D eigenvalue weighted by Crippen LogP contribution is 2.34. The molecule has 1 aliphatic rings. The second kappa shape index (κ2) is 18.3. The van der Waals surface area contributed by atoms with Crippen molar-refractivity contribution < 1.29 is 57.4 Å². The van der Waals surface area contributed by atoms with E-state index in [9.17, 15) is 24.3 Å². The number of carbonyl (C=O) groups excluding carboxylic acids is 4. The van der Waals surface area contributed by atoms with Crippen molar-refractivity contribution in [2.24, 2.45) is 5.92 Å². The van der Waals surface area contributed by atoms with Crippen molar-refractivity contribution in [2.75, 3.05) is 39.6 Å². The lowest BCUT2D eigenvalue weighted by Gasteiger charge is -2.43. The van der Waals surface area contributed by atoms with Crippen molar-refractivity contribution in [3.05, 3.63) is 29.3 Å². The normalized spacial score (nSPS) is 21.7. The van der Waals surface area contributed by atoms with E-state index in [1.165, 1.54) is 32.9 Å². The van der Waals surface area contributed by atoms with Crippen LogP contribution in [0.15, 0.2) is 18.2 Å². The van der Waals surface area contributed by atoms with Gasteiger partial charge in [0.25, 0.3) is 0 Å². The van der Waals surface area contributed by atoms with Crippen LogP contribution in [0.4, 0.5) is 0 Å². The molecule has 42 heavy (non-hydrogen) atoms. The molecular weight excluding hydrogens is 552 g/mol. The Labute approximate surface area is 245 Å². The van der Waals surface area contributed by atoms with E-state index >= 15 is 0 Å². The molecule has 12 heteroatoms. The first-order valence-electron chi connectivity index (χ1n) is 13.7. The largest absolute Gasteiger partial charge is 0.460 e. The monoisotopic (exact) mass is 592 g/mol. The molecule has 232 valence electrons. The van der Waals surface area contributed by atoms with Gasteiger partial charge in [0.1, 0.15) is 18.5 Å². The summed E-state index contributed by atoms with van der Waals surface area (Å²) in [6.45, 7) is 7.05. The van der Waals surface area contributed by atoms with Crippen molar-refractivity contribution >= 4 is 23.5 Å². The lowest BCUT2D eigenvalue weighted by atomic mass is 9.88. The number of aliphatic hydroxyl groups is 1. The second-order valence-electron chi connectivity index (χ2n) is 9.66. The average Bonchev–Trinajstić information content (AvgIpc) is 2.94. The number of hydrogen-bond donors (Lipinski definition) is 1. The number of esters is 2. The molecule has 12 nitrogen and oxygen atoms in total. The zero-order valence-electron chi connectivity index (χ0n) is 24.5. The quantitative estimate of drug-likeness (QED) is 0.115. The highest BCUT2D eigenvalue weighted by Gasteiger charge is 2.50. The van der Waals surface area contributed by atoms with E-state index < -0.39 is 42.5 Å². The average molecular weight is 593 g/mol. The van der Waals surface area contributed by atoms with Crippen LogP contribution in [0.25, 0.3) is 0 Å². The maximum atomic E-state index is 13.2. The molecule has 0 aromatic heterocycles. The zero-order valence-corrected chi connectivity index (χ0v) is 24.5. The van der Waals surface area contributed by atoms with Crippen LogP contribution in [-0.2, 0) is 49.4 Å². The molecule has 5 atom stereocenters. The van der Waals surface area contributed by atoms with Crippen LogP contribution < -0.4 is 4.74 Å². The Hall–Kier alpha value is -3.34. The fourth-order valence-corrected chi connectivity index (χ4v) is 4.38. The van der Waals surface area contributed by atoms with Crippen LogP contribution in [0.1, 0.15) is 56.5 Å². The number of benzene rings is 1. The Morgan fingerprint density at radius 3 is 2.14 bits per heavy atom. The van der Waals surface area contributed by atoms with Crippen molar-refractivity contribution in [3.8, 4) is 18.1 Å². The lowest BCUT2D eigenvalue weighted by Crippen LogP contribution is -2.59. The van der Waals surface area contributed by atoms with E-state index in [1.54, 1.807) is 13.0 Å². The van der Waals surface area contributed by atoms with Crippen LogP contribution in [0.2, 0.25) is 0 Å². The molecule has 0 radical (unpaired) electrons. The van der Waals surface area contributed by atoms with Gasteiger partial charge >= 0.3 is 11.9 Å². The fraction of sp³-hybridized carbons (Fsp3) is 0.600. The summed E-state index contributed by atoms with van der Waals surface area (Å²) in [5.74, 6) is -0.165. The third kappa shape index (κ3) is 11.2. The molecule has 1 heterocycles. The van der Waals surface area contributed by atoms with Gasteiger partial charge in [0.05, 0.1) is 38.6 Å². The van der Waals surface area contributed by atoms with E-state index in [0.717, 1.165) is 0 Å². The Morgan fingerprint density at radius 2 is 1.55 bits per heavy atom. The summed E-state index contributed by atoms with van der Waals surface area (Å²) in [7, 11) is 0. The Kier molecular flexibility index (Phi) is 15.1. The molecule has 1 aromatic carbocycles. The smallest absolute Gasteiger partial charge is 0.303 e. The number of Topliss-reactive ketones (excluding diaryl/α,β-unsaturated/α-hetero) is 2. The molecule has 0 bridgehead atoms. The first-order valence-corrected chi connectivity index (χ1v) is 13.7. The number of rotatable bonds is 18. The first kappa shape index (κ1) is 34.9. The first-order chi connectivity index (χ1) is 20.1. The Bertz CT molecular complexity index is 1090. The number of terminal acetylenes is 1. The molecule has 1 fully saturated rings. The molecule has 1 aliphatic heterocycles. The molecule has 2 rings (SSSR count). The van der Waals surface area contributed by atoms with Gasteiger partial charge in [-0.3, -0.25) is 19.2 Å². The van der Waals surface area contributed by atoms with Crippen LogP contribution in [0, 0.1) is 18.3 Å². The van der Waals surface area contributed by atoms with Gasteiger partial charge in [0, 0.05) is 32.8 Å². The van der Waals surface area contributed by atoms with Crippen molar-refractivity contribution in [1.82, 2.24) is 0 Å². The van der Waals surface area contributed by atoms with Crippen LogP contribution in [-0.4, -0.2) is 92.9 Å². The predicted molar refractivity (Wildman–Crippen MR) is 147 cm³/mol. The predicted octanol–water partition coefficient (Wildman–Crippen LogP) is 2.02. The SMILES string of the molecule is C#CCOCCOCCOCCCC(=O)c1cc(CO)ccc1O[C@@H]1O[C@H](C(C)=O)[C@@H](C)[C@H](OC(C)=O)[C@H]1OC(C)=O. The minimum Gasteiger partial charge on any atom is -0.460 e. The van der Waals surface area contributed by atoms with E-state index in [0.29, 0.717) is 45.0 Å². The van der Waals surface area contributed by atoms with Gasteiger partial charge in [0.2, 0.25) is 12.4 Å². The molecule has 1 N–H and O–H groups in total. The molecular formula is C30H40O12. The van der Waals surface area contributed by atoms with E-state index in [2.05, 4.69) is 5.92 Å². The fourth-order valence-electron chi connectivity index (χ4n) is 4.38. The molecule has 0 aliphatic carbocycles. The maximum absolute atomic E-state index is 13.2. The third-order valence-electron chi connectivity index (χ3n) is 6.27. The van der Waals surface area contributed by atoms with Crippen molar-refractivity contribution in [1.29, 1.82) is 0 Å². The zero-order chi connectivity index (χ0) is 31.1. The Morgan fingerprint density at radius 1 is 0.929 bits per heavy atom. The molecule has 0 saturated carbocycles. The lowest BCUT2D eigenvalue weighted by molar-refractivity contribution is -0.261. The Balaban J connectivity index is 2.11.